The van der Waals surface area contributed by atoms with Gasteiger partial charge in [-0.15, -0.1) is 0 Å². The van der Waals surface area contributed by atoms with Crippen LogP contribution in [0, 0.1) is 11.6 Å². The van der Waals surface area contributed by atoms with Gasteiger partial charge >= 0.3 is 0 Å². The van der Waals surface area contributed by atoms with Gasteiger partial charge in [-0.2, -0.15) is 4.31 Å². The molecule has 0 aliphatic heterocycles. The van der Waals surface area contributed by atoms with Gasteiger partial charge in [-0.3, -0.25) is 0 Å². The Bertz CT molecular complexity index is 549. The molecule has 0 aliphatic carbocycles. The summed E-state index contributed by atoms with van der Waals surface area (Å²) in [4.78, 5) is -0.661. The lowest BCUT2D eigenvalue weighted by Crippen LogP contribution is -2.33. The Labute approximate surface area is 110 Å². The Morgan fingerprint density at radius 1 is 1.32 bits per heavy atom. The smallest absolute Gasteiger partial charge is 0.246 e. The number of aliphatic hydroxyl groups excluding tert-OH is 1. The molecule has 0 atom stereocenters. The predicted molar refractivity (Wildman–Crippen MR) is 66.9 cm³/mol. The zero-order valence-corrected chi connectivity index (χ0v) is 11.3. The average Bonchev–Trinajstić information content (AvgIpc) is 2.34. The molecule has 108 valence electrons. The highest BCUT2D eigenvalue weighted by Crippen LogP contribution is 2.24. The van der Waals surface area contributed by atoms with Crippen molar-refractivity contribution in [2.45, 2.75) is 18.2 Å². The Hall–Kier alpha value is -1.25. The van der Waals surface area contributed by atoms with Crippen LogP contribution in [0.3, 0.4) is 0 Å². The Balaban J connectivity index is 3.22. The fourth-order valence-electron chi connectivity index (χ4n) is 1.58. The van der Waals surface area contributed by atoms with Gasteiger partial charge in [-0.1, -0.05) is 6.92 Å². The van der Waals surface area contributed by atoms with Gasteiger partial charge in [0.15, 0.2) is 0 Å². The second-order valence-electron chi connectivity index (χ2n) is 3.88. The van der Waals surface area contributed by atoms with Crippen molar-refractivity contribution in [3.63, 3.8) is 0 Å². The fourth-order valence-corrected chi connectivity index (χ4v) is 3.15. The first kappa shape index (κ1) is 15.8. The second kappa shape index (κ2) is 6.27. The highest BCUT2D eigenvalue weighted by molar-refractivity contribution is 7.89. The van der Waals surface area contributed by atoms with Gasteiger partial charge < -0.3 is 10.8 Å². The maximum Gasteiger partial charge on any atom is 0.246 e. The third-order valence-corrected chi connectivity index (χ3v) is 4.58. The van der Waals surface area contributed by atoms with Crippen LogP contribution in [0.15, 0.2) is 17.0 Å². The fraction of sp³-hybridized carbons (Fsp3) is 0.455. The van der Waals surface area contributed by atoms with E-state index < -0.39 is 32.2 Å². The molecule has 0 aliphatic rings. The van der Waals surface area contributed by atoms with E-state index >= 15 is 0 Å². The molecular formula is C11H16F2N2O3S. The van der Waals surface area contributed by atoms with E-state index in [4.69, 9.17) is 10.8 Å². The lowest BCUT2D eigenvalue weighted by molar-refractivity contribution is 0.271. The molecule has 0 spiro atoms. The summed E-state index contributed by atoms with van der Waals surface area (Å²) in [5, 5.41) is 8.72. The van der Waals surface area contributed by atoms with E-state index in [-0.39, 0.29) is 26.1 Å². The molecule has 3 N–H and O–H groups in total. The van der Waals surface area contributed by atoms with Crippen LogP contribution in [0.1, 0.15) is 13.3 Å². The third-order valence-electron chi connectivity index (χ3n) is 2.59. The predicted octanol–water partition coefficient (Wildman–Crippen LogP) is 0.940. The molecule has 5 nitrogen and oxygen atoms in total. The average molecular weight is 294 g/mol. The van der Waals surface area contributed by atoms with Crippen LogP contribution in [0.4, 0.5) is 14.5 Å². The van der Waals surface area contributed by atoms with Crippen LogP contribution in [0.5, 0.6) is 0 Å². The molecule has 0 unspecified atom stereocenters. The zero-order valence-electron chi connectivity index (χ0n) is 10.4. The van der Waals surface area contributed by atoms with Crippen molar-refractivity contribution in [2.75, 3.05) is 25.4 Å². The number of nitrogen functional groups attached to an aromatic ring is 1. The molecular weight excluding hydrogens is 278 g/mol. The number of nitrogens with zero attached hydrogens (tertiary/aromatic N) is 1. The quantitative estimate of drug-likeness (QED) is 0.765. The van der Waals surface area contributed by atoms with E-state index in [1.807, 2.05) is 0 Å². The monoisotopic (exact) mass is 294 g/mol. The largest absolute Gasteiger partial charge is 0.396 e. The van der Waals surface area contributed by atoms with Crippen LogP contribution in [0.25, 0.3) is 0 Å². The summed E-state index contributed by atoms with van der Waals surface area (Å²) < 4.78 is 52.0. The van der Waals surface area contributed by atoms with Crippen molar-refractivity contribution in [3.8, 4) is 0 Å². The summed E-state index contributed by atoms with van der Waals surface area (Å²) in [7, 11) is -4.09. The first-order chi connectivity index (χ1) is 8.84. The van der Waals surface area contributed by atoms with Gasteiger partial charge in [0, 0.05) is 25.8 Å². The summed E-state index contributed by atoms with van der Waals surface area (Å²) >= 11 is 0. The van der Waals surface area contributed by atoms with Crippen molar-refractivity contribution in [3.05, 3.63) is 23.8 Å². The summed E-state index contributed by atoms with van der Waals surface area (Å²) in [6.07, 6.45) is 0.228. The Morgan fingerprint density at radius 2 is 1.95 bits per heavy atom. The van der Waals surface area contributed by atoms with E-state index in [0.717, 1.165) is 10.4 Å². The minimum Gasteiger partial charge on any atom is -0.396 e. The van der Waals surface area contributed by atoms with Crippen LogP contribution >= 0.6 is 0 Å². The Morgan fingerprint density at radius 3 is 2.47 bits per heavy atom. The van der Waals surface area contributed by atoms with Gasteiger partial charge in [0.25, 0.3) is 0 Å². The molecule has 1 aromatic carbocycles. The first-order valence-electron chi connectivity index (χ1n) is 5.70. The van der Waals surface area contributed by atoms with Gasteiger partial charge in [0.1, 0.15) is 16.5 Å². The Kier molecular flexibility index (Phi) is 5.21. The number of benzene rings is 1. The normalized spacial score (nSPS) is 12.1. The minimum atomic E-state index is -4.09. The van der Waals surface area contributed by atoms with Crippen molar-refractivity contribution < 1.29 is 22.3 Å². The topological polar surface area (TPSA) is 83.6 Å². The molecule has 0 fully saturated rings. The van der Waals surface area contributed by atoms with E-state index in [2.05, 4.69) is 0 Å². The molecule has 0 amide bonds. The first-order valence-corrected chi connectivity index (χ1v) is 7.14. The van der Waals surface area contributed by atoms with E-state index in [1.165, 1.54) is 0 Å². The van der Waals surface area contributed by atoms with Crippen LogP contribution in [-0.2, 0) is 10.0 Å². The van der Waals surface area contributed by atoms with Crippen molar-refractivity contribution >= 4 is 15.7 Å². The highest BCUT2D eigenvalue weighted by atomic mass is 32.2. The molecule has 0 heterocycles. The number of halogens is 2. The van der Waals surface area contributed by atoms with Gasteiger partial charge in [0.05, 0.1) is 5.69 Å². The number of sulfonamides is 1. The van der Waals surface area contributed by atoms with Crippen molar-refractivity contribution in [2.24, 2.45) is 0 Å². The maximum atomic E-state index is 13.6. The molecule has 19 heavy (non-hydrogen) atoms. The van der Waals surface area contributed by atoms with Gasteiger partial charge in [-0.25, -0.2) is 17.2 Å². The highest BCUT2D eigenvalue weighted by Gasteiger charge is 2.27. The van der Waals surface area contributed by atoms with Gasteiger partial charge in [-0.05, 0) is 12.5 Å². The molecule has 0 saturated carbocycles. The summed E-state index contributed by atoms with van der Waals surface area (Å²) in [6, 6.07) is 1.21. The molecule has 0 radical (unpaired) electrons. The van der Waals surface area contributed by atoms with Crippen molar-refractivity contribution in [1.29, 1.82) is 0 Å². The molecule has 0 bridgehead atoms. The third kappa shape index (κ3) is 3.40. The molecule has 0 aromatic heterocycles. The second-order valence-corrected chi connectivity index (χ2v) is 5.78. The number of aliphatic hydroxyl groups is 1. The summed E-state index contributed by atoms with van der Waals surface area (Å²) in [5.41, 5.74) is 4.83. The molecule has 1 aromatic rings. The van der Waals surface area contributed by atoms with Crippen molar-refractivity contribution in [1.82, 2.24) is 4.31 Å². The standard InChI is InChI=1S/C11H16F2N2O3S/c1-2-15(4-3-5-16)19(17,18)11-7-10(14)8(12)6-9(11)13/h6-7,16H,2-5,14H2,1H3. The minimum absolute atomic E-state index is 0.0477. The summed E-state index contributed by atoms with van der Waals surface area (Å²) in [5.74, 6) is -2.19. The number of hydrogen-bond acceptors (Lipinski definition) is 4. The number of anilines is 1. The van der Waals surface area contributed by atoms with Crippen LogP contribution < -0.4 is 5.73 Å². The molecule has 8 heteroatoms. The molecule has 0 saturated heterocycles. The summed E-state index contributed by atoms with van der Waals surface area (Å²) in [6.45, 7) is 1.56. The van der Waals surface area contributed by atoms with E-state index in [9.17, 15) is 17.2 Å². The lowest BCUT2D eigenvalue weighted by atomic mass is 10.3. The number of rotatable bonds is 6. The molecule has 1 rings (SSSR count). The number of nitrogens with two attached hydrogens (primary N) is 1. The maximum absolute atomic E-state index is 13.6. The van der Waals surface area contributed by atoms with E-state index in [1.54, 1.807) is 6.92 Å². The van der Waals surface area contributed by atoms with E-state index in [0.29, 0.717) is 6.07 Å². The van der Waals surface area contributed by atoms with Crippen LogP contribution in [0.2, 0.25) is 0 Å². The van der Waals surface area contributed by atoms with Gasteiger partial charge in [0.2, 0.25) is 10.0 Å². The zero-order chi connectivity index (χ0) is 14.6. The lowest BCUT2D eigenvalue weighted by Gasteiger charge is -2.20. The SMILES string of the molecule is CCN(CCCO)S(=O)(=O)c1cc(N)c(F)cc1F. The van der Waals surface area contributed by atoms with Crippen LogP contribution in [-0.4, -0.2) is 37.5 Å². The number of hydrogen-bond donors (Lipinski definition) is 2.